The number of carboxylic acid groups (broad SMARTS) is 1. The zero-order valence-electron chi connectivity index (χ0n) is 10.2. The maximum atomic E-state index is 13.7. The molecule has 1 N–H and O–H groups in total. The highest BCUT2D eigenvalue weighted by molar-refractivity contribution is 5.88. The summed E-state index contributed by atoms with van der Waals surface area (Å²) in [7, 11) is 3.16. The fourth-order valence-electron chi connectivity index (χ4n) is 1.57. The molecule has 0 fully saturated rings. The van der Waals surface area contributed by atoms with E-state index in [1.54, 1.807) is 14.2 Å². The number of hydrogen-bond donors (Lipinski definition) is 1. The molecule has 0 amide bonds. The quantitative estimate of drug-likeness (QED) is 0.795. The van der Waals surface area contributed by atoms with E-state index in [9.17, 15) is 13.6 Å². The standard InChI is InChI=1S/C12H15F2NO3/c1-15(6-3-7-18-2)9-5-4-8(12(16)17)10(13)11(9)14/h4-5H,3,6-7H2,1-2H3,(H,16,17). The van der Waals surface area contributed by atoms with Gasteiger partial charge < -0.3 is 14.7 Å². The second-order valence-corrected chi connectivity index (χ2v) is 3.83. The third-order valence-electron chi connectivity index (χ3n) is 2.55. The lowest BCUT2D eigenvalue weighted by Crippen LogP contribution is -2.21. The van der Waals surface area contributed by atoms with Gasteiger partial charge in [-0.1, -0.05) is 0 Å². The van der Waals surface area contributed by atoms with Crippen molar-refractivity contribution < 1.29 is 23.4 Å². The minimum absolute atomic E-state index is 0.0357. The van der Waals surface area contributed by atoms with Gasteiger partial charge in [0.15, 0.2) is 11.6 Å². The van der Waals surface area contributed by atoms with Crippen LogP contribution in [0.5, 0.6) is 0 Å². The number of hydrogen-bond acceptors (Lipinski definition) is 3. The first-order valence-electron chi connectivity index (χ1n) is 5.40. The molecule has 0 aromatic heterocycles. The topological polar surface area (TPSA) is 49.8 Å². The van der Waals surface area contributed by atoms with E-state index in [-0.39, 0.29) is 5.69 Å². The Balaban J connectivity index is 2.90. The number of methoxy groups -OCH3 is 1. The highest BCUT2D eigenvalue weighted by Crippen LogP contribution is 2.23. The van der Waals surface area contributed by atoms with Crippen LogP contribution in [0.2, 0.25) is 0 Å². The Hall–Kier alpha value is -1.69. The Kier molecular flexibility index (Phi) is 5.03. The summed E-state index contributed by atoms with van der Waals surface area (Å²) in [6.45, 7) is 0.998. The summed E-state index contributed by atoms with van der Waals surface area (Å²) >= 11 is 0. The van der Waals surface area contributed by atoms with E-state index < -0.39 is 23.2 Å². The lowest BCUT2D eigenvalue weighted by Gasteiger charge is -2.20. The van der Waals surface area contributed by atoms with Gasteiger partial charge in [-0.2, -0.15) is 0 Å². The molecule has 0 aliphatic rings. The Bertz CT molecular complexity index is 438. The fourth-order valence-corrected chi connectivity index (χ4v) is 1.57. The van der Waals surface area contributed by atoms with Crippen molar-refractivity contribution in [1.29, 1.82) is 0 Å². The molecule has 1 aromatic carbocycles. The molecule has 6 heteroatoms. The van der Waals surface area contributed by atoms with Gasteiger partial charge in [0, 0.05) is 27.3 Å². The molecule has 1 aromatic rings. The third kappa shape index (κ3) is 3.16. The average molecular weight is 259 g/mol. The van der Waals surface area contributed by atoms with Crippen LogP contribution in [0.15, 0.2) is 12.1 Å². The first-order chi connectivity index (χ1) is 8.49. The number of halogens is 2. The molecule has 1 rings (SSSR count). The van der Waals surface area contributed by atoms with Crippen molar-refractivity contribution in [3.8, 4) is 0 Å². The second kappa shape index (κ2) is 6.30. The van der Waals surface area contributed by atoms with E-state index in [2.05, 4.69) is 0 Å². The van der Waals surface area contributed by atoms with Crippen LogP contribution >= 0.6 is 0 Å². The normalized spacial score (nSPS) is 10.4. The predicted octanol–water partition coefficient (Wildman–Crippen LogP) is 2.14. The van der Waals surface area contributed by atoms with Crippen molar-refractivity contribution in [3.63, 3.8) is 0 Å². The maximum absolute atomic E-state index is 13.7. The Morgan fingerprint density at radius 3 is 2.61 bits per heavy atom. The maximum Gasteiger partial charge on any atom is 0.338 e. The Morgan fingerprint density at radius 1 is 1.39 bits per heavy atom. The van der Waals surface area contributed by atoms with Gasteiger partial charge in [-0.3, -0.25) is 0 Å². The molecule has 0 saturated heterocycles. The predicted molar refractivity (Wildman–Crippen MR) is 63.1 cm³/mol. The number of carbonyl (C=O) groups is 1. The first-order valence-corrected chi connectivity index (χ1v) is 5.40. The van der Waals surface area contributed by atoms with E-state index in [0.29, 0.717) is 19.6 Å². The van der Waals surface area contributed by atoms with Crippen molar-refractivity contribution in [2.45, 2.75) is 6.42 Å². The van der Waals surface area contributed by atoms with Crippen molar-refractivity contribution in [3.05, 3.63) is 29.3 Å². The molecule has 0 radical (unpaired) electrons. The van der Waals surface area contributed by atoms with Gasteiger partial charge in [0.25, 0.3) is 0 Å². The lowest BCUT2D eigenvalue weighted by atomic mass is 10.1. The smallest absolute Gasteiger partial charge is 0.338 e. The molecule has 0 aliphatic heterocycles. The molecule has 0 spiro atoms. The van der Waals surface area contributed by atoms with E-state index >= 15 is 0 Å². The lowest BCUT2D eigenvalue weighted by molar-refractivity contribution is 0.0690. The molecule has 0 bridgehead atoms. The first kappa shape index (κ1) is 14.4. The number of carboxylic acids is 1. The zero-order valence-corrected chi connectivity index (χ0v) is 10.2. The van der Waals surface area contributed by atoms with Crippen molar-refractivity contribution in [2.75, 3.05) is 32.2 Å². The highest BCUT2D eigenvalue weighted by atomic mass is 19.2. The molecular weight excluding hydrogens is 244 g/mol. The molecule has 0 heterocycles. The summed E-state index contributed by atoms with van der Waals surface area (Å²) in [5.74, 6) is -3.96. The van der Waals surface area contributed by atoms with Crippen LogP contribution in [0.4, 0.5) is 14.5 Å². The average Bonchev–Trinajstić information content (AvgIpc) is 2.32. The van der Waals surface area contributed by atoms with Gasteiger partial charge in [-0.05, 0) is 18.6 Å². The summed E-state index contributed by atoms with van der Waals surface area (Å²) in [4.78, 5) is 12.1. The highest BCUT2D eigenvalue weighted by Gasteiger charge is 2.19. The van der Waals surface area contributed by atoms with Gasteiger partial charge in [-0.25, -0.2) is 13.6 Å². The minimum Gasteiger partial charge on any atom is -0.478 e. The SMILES string of the molecule is COCCCN(C)c1ccc(C(=O)O)c(F)c1F. The van der Waals surface area contributed by atoms with Crippen LogP contribution in [-0.2, 0) is 4.74 Å². The van der Waals surface area contributed by atoms with Crippen LogP contribution in [0.3, 0.4) is 0 Å². The van der Waals surface area contributed by atoms with Crippen molar-refractivity contribution in [2.24, 2.45) is 0 Å². The van der Waals surface area contributed by atoms with Crippen LogP contribution in [0.25, 0.3) is 0 Å². The molecule has 100 valence electrons. The summed E-state index contributed by atoms with van der Waals surface area (Å²) < 4.78 is 32.0. The molecule has 0 aliphatic carbocycles. The number of anilines is 1. The van der Waals surface area contributed by atoms with E-state index in [4.69, 9.17) is 9.84 Å². The summed E-state index contributed by atoms with van der Waals surface area (Å²) in [6.07, 6.45) is 0.661. The number of nitrogens with zero attached hydrogens (tertiary/aromatic N) is 1. The Labute approximate surface area is 104 Å². The van der Waals surface area contributed by atoms with Gasteiger partial charge >= 0.3 is 5.97 Å². The minimum atomic E-state index is -1.49. The summed E-state index contributed by atoms with van der Waals surface area (Å²) in [6, 6.07) is 2.32. The molecule has 0 saturated carbocycles. The van der Waals surface area contributed by atoms with E-state index in [1.165, 1.54) is 11.0 Å². The largest absolute Gasteiger partial charge is 0.478 e. The van der Waals surface area contributed by atoms with Crippen molar-refractivity contribution in [1.82, 2.24) is 0 Å². The molecule has 4 nitrogen and oxygen atoms in total. The number of benzene rings is 1. The molecule has 0 unspecified atom stereocenters. The zero-order chi connectivity index (χ0) is 13.7. The number of aromatic carboxylic acids is 1. The Morgan fingerprint density at radius 2 is 2.06 bits per heavy atom. The third-order valence-corrected chi connectivity index (χ3v) is 2.55. The van der Waals surface area contributed by atoms with Gasteiger partial charge in [0.2, 0.25) is 0 Å². The van der Waals surface area contributed by atoms with Crippen LogP contribution in [0.1, 0.15) is 16.8 Å². The van der Waals surface area contributed by atoms with E-state index in [1.807, 2.05) is 0 Å². The summed E-state index contributed by atoms with van der Waals surface area (Å²) in [5, 5.41) is 8.66. The van der Waals surface area contributed by atoms with Crippen molar-refractivity contribution >= 4 is 11.7 Å². The van der Waals surface area contributed by atoms with Gasteiger partial charge in [0.05, 0.1) is 11.3 Å². The van der Waals surface area contributed by atoms with Gasteiger partial charge in [0.1, 0.15) is 0 Å². The monoisotopic (exact) mass is 259 g/mol. The molecule has 18 heavy (non-hydrogen) atoms. The van der Waals surface area contributed by atoms with Crippen LogP contribution < -0.4 is 4.90 Å². The number of ether oxygens (including phenoxy) is 1. The fraction of sp³-hybridized carbons (Fsp3) is 0.417. The molecular formula is C12H15F2NO3. The van der Waals surface area contributed by atoms with Crippen LogP contribution in [-0.4, -0.2) is 38.4 Å². The van der Waals surface area contributed by atoms with Gasteiger partial charge in [-0.15, -0.1) is 0 Å². The summed E-state index contributed by atoms with van der Waals surface area (Å²) in [5.41, 5.74) is -0.629. The molecule has 0 atom stereocenters. The number of rotatable bonds is 6. The van der Waals surface area contributed by atoms with Crippen LogP contribution in [0, 0.1) is 11.6 Å². The van der Waals surface area contributed by atoms with E-state index in [0.717, 1.165) is 6.07 Å². The second-order valence-electron chi connectivity index (χ2n) is 3.83.